The number of carbonyl (C=O) groups excluding carboxylic acids is 2. The fourth-order valence-electron chi connectivity index (χ4n) is 2.59. The molecule has 0 saturated carbocycles. The molecular formula is C22H23BrN2O3S. The van der Waals surface area contributed by atoms with Gasteiger partial charge in [-0.25, -0.2) is 0 Å². The number of aryl methyl sites for hydroxylation is 3. The van der Waals surface area contributed by atoms with Gasteiger partial charge in [0.05, 0.1) is 18.2 Å². The van der Waals surface area contributed by atoms with E-state index in [-0.39, 0.29) is 31.2 Å². The molecule has 2 rings (SSSR count). The Morgan fingerprint density at radius 2 is 1.83 bits per heavy atom. The van der Waals surface area contributed by atoms with Gasteiger partial charge >= 0.3 is 5.97 Å². The number of ether oxygens (including phenoxy) is 1. The Hall–Kier alpha value is -2.30. The maximum atomic E-state index is 12.6. The van der Waals surface area contributed by atoms with Gasteiger partial charge in [-0.1, -0.05) is 33.6 Å². The lowest BCUT2D eigenvalue weighted by Crippen LogP contribution is -2.35. The first-order valence-corrected chi connectivity index (χ1v) is 10.9. The van der Waals surface area contributed by atoms with Crippen molar-refractivity contribution >= 4 is 45.3 Å². The van der Waals surface area contributed by atoms with Crippen molar-refractivity contribution in [3.8, 4) is 6.07 Å². The van der Waals surface area contributed by atoms with Crippen LogP contribution >= 0.6 is 27.7 Å². The van der Waals surface area contributed by atoms with Crippen molar-refractivity contribution in [2.75, 3.05) is 23.8 Å². The van der Waals surface area contributed by atoms with Gasteiger partial charge < -0.3 is 9.64 Å². The van der Waals surface area contributed by atoms with E-state index in [1.807, 2.05) is 63.2 Å². The van der Waals surface area contributed by atoms with Crippen LogP contribution in [0.2, 0.25) is 0 Å². The van der Waals surface area contributed by atoms with Crippen molar-refractivity contribution in [1.82, 2.24) is 0 Å². The van der Waals surface area contributed by atoms with E-state index in [9.17, 15) is 9.59 Å². The Balaban J connectivity index is 1.93. The molecule has 0 fully saturated rings. The van der Waals surface area contributed by atoms with Gasteiger partial charge in [0.2, 0.25) is 0 Å². The van der Waals surface area contributed by atoms with E-state index in [1.165, 1.54) is 16.7 Å². The van der Waals surface area contributed by atoms with E-state index in [0.29, 0.717) is 5.69 Å². The molecule has 0 aromatic heterocycles. The summed E-state index contributed by atoms with van der Waals surface area (Å²) in [6, 6.07) is 13.5. The second kappa shape index (κ2) is 11.0. The third-order valence-electron chi connectivity index (χ3n) is 4.25. The number of carbonyl (C=O) groups is 2. The number of hydrogen-bond donors (Lipinski definition) is 0. The summed E-state index contributed by atoms with van der Waals surface area (Å²) in [7, 11) is 0. The van der Waals surface area contributed by atoms with Crippen LogP contribution in [0.1, 0.15) is 23.1 Å². The molecule has 1 amide bonds. The highest BCUT2D eigenvalue weighted by Gasteiger charge is 2.18. The smallest absolute Gasteiger partial charge is 0.316 e. The molecule has 0 unspecified atom stereocenters. The first kappa shape index (κ1) is 23.0. The molecule has 0 saturated heterocycles. The summed E-state index contributed by atoms with van der Waals surface area (Å²) in [5, 5.41) is 8.86. The molecule has 0 radical (unpaired) electrons. The molecule has 7 heteroatoms. The third kappa shape index (κ3) is 6.91. The lowest BCUT2D eigenvalue weighted by Gasteiger charge is -2.21. The average molecular weight is 475 g/mol. The highest BCUT2D eigenvalue weighted by molar-refractivity contribution is 9.10. The minimum absolute atomic E-state index is 0.123. The maximum absolute atomic E-state index is 12.6. The molecular weight excluding hydrogens is 452 g/mol. The van der Waals surface area contributed by atoms with Crippen molar-refractivity contribution < 1.29 is 14.3 Å². The molecule has 0 heterocycles. The molecule has 152 valence electrons. The second-order valence-corrected chi connectivity index (χ2v) is 8.48. The summed E-state index contributed by atoms with van der Waals surface area (Å²) in [6.07, 6.45) is 0.200. The van der Waals surface area contributed by atoms with Crippen molar-refractivity contribution in [3.63, 3.8) is 0 Å². The molecule has 5 nitrogen and oxygen atoms in total. The normalized spacial score (nSPS) is 10.3. The van der Waals surface area contributed by atoms with E-state index in [4.69, 9.17) is 10.00 Å². The molecule has 0 atom stereocenters. The number of esters is 1. The van der Waals surface area contributed by atoms with Crippen molar-refractivity contribution in [3.05, 3.63) is 57.6 Å². The Kier molecular flexibility index (Phi) is 8.74. The number of halogens is 1. The number of nitrogens with zero attached hydrogens (tertiary/aromatic N) is 2. The fraction of sp³-hybridized carbons (Fsp3) is 0.318. The van der Waals surface area contributed by atoms with E-state index in [2.05, 4.69) is 15.9 Å². The second-order valence-electron chi connectivity index (χ2n) is 6.61. The molecule has 2 aromatic carbocycles. The molecule has 0 N–H and O–H groups in total. The average Bonchev–Trinajstić information content (AvgIpc) is 2.69. The fourth-order valence-corrected chi connectivity index (χ4v) is 3.95. The summed E-state index contributed by atoms with van der Waals surface area (Å²) in [6.45, 7) is 5.83. The van der Waals surface area contributed by atoms with Crippen LogP contribution in [0, 0.1) is 32.1 Å². The van der Waals surface area contributed by atoms with E-state index >= 15 is 0 Å². The Labute approximate surface area is 184 Å². The van der Waals surface area contributed by atoms with Gasteiger partial charge in [0.1, 0.15) is 0 Å². The van der Waals surface area contributed by atoms with Crippen LogP contribution in [0.3, 0.4) is 0 Å². The summed E-state index contributed by atoms with van der Waals surface area (Å²) in [5.41, 5.74) is 3.91. The minimum Gasteiger partial charge on any atom is -0.455 e. The van der Waals surface area contributed by atoms with Crippen LogP contribution in [0.5, 0.6) is 0 Å². The predicted octanol–water partition coefficient (Wildman–Crippen LogP) is 4.96. The van der Waals surface area contributed by atoms with Crippen molar-refractivity contribution in [2.24, 2.45) is 0 Å². The number of amides is 1. The molecule has 0 aliphatic rings. The highest BCUT2D eigenvalue weighted by atomic mass is 79.9. The number of anilines is 1. The van der Waals surface area contributed by atoms with Crippen LogP contribution in [0.4, 0.5) is 5.69 Å². The molecule has 0 spiro atoms. The lowest BCUT2D eigenvalue weighted by atomic mass is 10.2. The number of nitriles is 1. The number of hydrogen-bond acceptors (Lipinski definition) is 5. The van der Waals surface area contributed by atoms with Crippen LogP contribution in [0.25, 0.3) is 0 Å². The van der Waals surface area contributed by atoms with Crippen LogP contribution in [-0.2, 0) is 14.3 Å². The van der Waals surface area contributed by atoms with Gasteiger partial charge in [0.25, 0.3) is 5.91 Å². The molecule has 29 heavy (non-hydrogen) atoms. The van der Waals surface area contributed by atoms with E-state index < -0.39 is 5.97 Å². The third-order valence-corrected chi connectivity index (χ3v) is 6.24. The SMILES string of the molecule is Cc1ccc(N(CCC#N)C(=O)COC(=O)CSc2cc(C)c(Br)cc2C)cc1. The van der Waals surface area contributed by atoms with Crippen molar-refractivity contribution in [2.45, 2.75) is 32.1 Å². The molecule has 2 aromatic rings. The Morgan fingerprint density at radius 3 is 2.48 bits per heavy atom. The van der Waals surface area contributed by atoms with Crippen LogP contribution in [0.15, 0.2) is 45.8 Å². The zero-order chi connectivity index (χ0) is 21.4. The molecule has 0 aliphatic heterocycles. The van der Waals surface area contributed by atoms with Gasteiger partial charge in [0, 0.05) is 21.6 Å². The van der Waals surface area contributed by atoms with E-state index in [1.54, 1.807) is 0 Å². The number of rotatable bonds is 8. The minimum atomic E-state index is -0.451. The summed E-state index contributed by atoms with van der Waals surface area (Å²) >= 11 is 4.88. The summed E-state index contributed by atoms with van der Waals surface area (Å²) < 4.78 is 6.21. The van der Waals surface area contributed by atoms with Gasteiger partial charge in [-0.05, 0) is 56.2 Å². The standard InChI is InChI=1S/C22H23BrN2O3S/c1-15-5-7-18(8-6-15)25(10-4-9-24)21(26)13-28-22(27)14-29-20-12-16(2)19(23)11-17(20)3/h5-8,11-12H,4,10,13-14H2,1-3H3. The molecule has 0 bridgehead atoms. The van der Waals surface area contributed by atoms with Crippen molar-refractivity contribution in [1.29, 1.82) is 5.26 Å². The van der Waals surface area contributed by atoms with E-state index in [0.717, 1.165) is 26.1 Å². The molecule has 0 aliphatic carbocycles. The first-order chi connectivity index (χ1) is 13.8. The number of thioether (sulfide) groups is 1. The van der Waals surface area contributed by atoms with Gasteiger partial charge in [-0.3, -0.25) is 9.59 Å². The monoisotopic (exact) mass is 474 g/mol. The predicted molar refractivity (Wildman–Crippen MR) is 119 cm³/mol. The Morgan fingerprint density at radius 1 is 1.14 bits per heavy atom. The van der Waals surface area contributed by atoms with Crippen LogP contribution in [-0.4, -0.2) is 30.8 Å². The van der Waals surface area contributed by atoms with Gasteiger partial charge in [-0.15, -0.1) is 11.8 Å². The number of benzene rings is 2. The zero-order valence-electron chi connectivity index (χ0n) is 16.7. The summed E-state index contributed by atoms with van der Waals surface area (Å²) in [4.78, 5) is 27.2. The Bertz CT molecular complexity index is 923. The maximum Gasteiger partial charge on any atom is 0.316 e. The zero-order valence-corrected chi connectivity index (χ0v) is 19.1. The largest absolute Gasteiger partial charge is 0.455 e. The van der Waals surface area contributed by atoms with Crippen LogP contribution < -0.4 is 4.90 Å². The first-order valence-electron chi connectivity index (χ1n) is 9.11. The lowest BCUT2D eigenvalue weighted by molar-refractivity contribution is -0.145. The summed E-state index contributed by atoms with van der Waals surface area (Å²) in [5.74, 6) is -0.677. The topological polar surface area (TPSA) is 70.4 Å². The highest BCUT2D eigenvalue weighted by Crippen LogP contribution is 2.28. The quantitative estimate of drug-likeness (QED) is 0.399. The van der Waals surface area contributed by atoms with Gasteiger partial charge in [-0.2, -0.15) is 5.26 Å². The van der Waals surface area contributed by atoms with Gasteiger partial charge in [0.15, 0.2) is 6.61 Å².